The fraction of sp³-hybridized carbons (Fsp3) is 0.667. The van der Waals surface area contributed by atoms with Crippen LogP contribution in [0.1, 0.15) is 99.8 Å². The van der Waals surface area contributed by atoms with Gasteiger partial charge in [0.25, 0.3) is 0 Å². The third-order valence-electron chi connectivity index (χ3n) is 5.32. The summed E-state index contributed by atoms with van der Waals surface area (Å²) in [7, 11) is 0. The maximum absolute atomic E-state index is 10.3. The highest BCUT2D eigenvalue weighted by Gasteiger charge is 2.24. The van der Waals surface area contributed by atoms with E-state index in [1.165, 1.54) is 106 Å². The molecule has 29 heavy (non-hydrogen) atoms. The van der Waals surface area contributed by atoms with Gasteiger partial charge < -0.3 is 14.7 Å². The molecular formula is C24H42NO4+. The Bertz CT molecular complexity index is 498. The molecule has 0 unspecified atom stereocenters. The van der Waals surface area contributed by atoms with E-state index in [1.807, 2.05) is 0 Å². The lowest BCUT2D eigenvalue weighted by Gasteiger charge is -2.39. The van der Waals surface area contributed by atoms with Crippen LogP contribution in [-0.2, 0) is 0 Å². The first-order valence-electron chi connectivity index (χ1n) is 11.3. The Hall–Kier alpha value is -1.88. The molecule has 0 radical (unpaired) electrons. The first-order valence-corrected chi connectivity index (χ1v) is 11.3. The average Bonchev–Trinajstić information content (AvgIpc) is 2.73. The van der Waals surface area contributed by atoms with Gasteiger partial charge in [-0.1, -0.05) is 53.4 Å². The van der Waals surface area contributed by atoms with Gasteiger partial charge in [-0.2, -0.15) is 0 Å². The first kappa shape index (κ1) is 27.1. The van der Waals surface area contributed by atoms with Crippen molar-refractivity contribution in [3.05, 3.63) is 35.4 Å². The molecule has 0 saturated carbocycles. The van der Waals surface area contributed by atoms with Crippen molar-refractivity contribution in [2.75, 3.05) is 26.2 Å². The normalized spacial score (nSPS) is 10.9. The third-order valence-corrected chi connectivity index (χ3v) is 5.32. The van der Waals surface area contributed by atoms with Gasteiger partial charge in [0.1, 0.15) is 0 Å². The Balaban J connectivity index is 0.000000571. The Morgan fingerprint density at radius 3 is 1.03 bits per heavy atom. The van der Waals surface area contributed by atoms with E-state index in [9.17, 15) is 9.59 Å². The fourth-order valence-corrected chi connectivity index (χ4v) is 3.40. The van der Waals surface area contributed by atoms with E-state index in [1.54, 1.807) is 0 Å². The monoisotopic (exact) mass is 408 g/mol. The number of benzene rings is 1. The Morgan fingerprint density at radius 2 is 0.862 bits per heavy atom. The number of carboxylic acid groups (broad SMARTS) is 2. The molecule has 0 amide bonds. The van der Waals surface area contributed by atoms with Crippen molar-refractivity contribution < 1.29 is 24.3 Å². The van der Waals surface area contributed by atoms with Gasteiger partial charge in [-0.3, -0.25) is 0 Å². The number of carboxylic acids is 2. The number of rotatable bonds is 14. The lowest BCUT2D eigenvalue weighted by atomic mass is 10.1. The molecular weight excluding hydrogens is 366 g/mol. The molecule has 5 heteroatoms. The van der Waals surface area contributed by atoms with Crippen LogP contribution in [0.4, 0.5) is 0 Å². The summed E-state index contributed by atoms with van der Waals surface area (Å²) in [5, 5.41) is 16.9. The van der Waals surface area contributed by atoms with E-state index in [0.717, 1.165) is 0 Å². The highest BCUT2D eigenvalue weighted by molar-refractivity contribution is 5.91. The Kier molecular flexibility index (Phi) is 14.9. The van der Waals surface area contributed by atoms with Crippen molar-refractivity contribution in [3.63, 3.8) is 0 Å². The van der Waals surface area contributed by atoms with Crippen LogP contribution in [0.5, 0.6) is 0 Å². The van der Waals surface area contributed by atoms with Crippen LogP contribution in [0, 0.1) is 0 Å². The summed E-state index contributed by atoms with van der Waals surface area (Å²) in [6.45, 7) is 15.0. The van der Waals surface area contributed by atoms with Crippen LogP contribution in [0.25, 0.3) is 0 Å². The van der Waals surface area contributed by atoms with Gasteiger partial charge >= 0.3 is 11.9 Å². The van der Waals surface area contributed by atoms with Crippen LogP contribution < -0.4 is 0 Å². The number of hydrogen-bond acceptors (Lipinski definition) is 2. The van der Waals surface area contributed by atoms with Crippen molar-refractivity contribution in [3.8, 4) is 0 Å². The zero-order valence-corrected chi connectivity index (χ0v) is 19.0. The first-order chi connectivity index (χ1) is 13.9. The van der Waals surface area contributed by atoms with Crippen LogP contribution in [0.3, 0.4) is 0 Å². The molecule has 0 aliphatic carbocycles. The van der Waals surface area contributed by atoms with Crippen molar-refractivity contribution in [2.24, 2.45) is 0 Å². The Morgan fingerprint density at radius 1 is 0.621 bits per heavy atom. The van der Waals surface area contributed by atoms with E-state index < -0.39 is 11.9 Å². The van der Waals surface area contributed by atoms with Gasteiger partial charge in [0.05, 0.1) is 37.3 Å². The van der Waals surface area contributed by atoms with E-state index in [4.69, 9.17) is 10.2 Å². The minimum Gasteiger partial charge on any atom is -0.478 e. The molecule has 1 rings (SSSR count). The van der Waals surface area contributed by atoms with Gasteiger partial charge in [-0.25, -0.2) is 9.59 Å². The molecule has 2 N–H and O–H groups in total. The number of aromatic carboxylic acids is 2. The number of carbonyl (C=O) groups is 2. The van der Waals surface area contributed by atoms with Crippen molar-refractivity contribution in [1.82, 2.24) is 0 Å². The molecule has 5 nitrogen and oxygen atoms in total. The smallest absolute Gasteiger partial charge is 0.335 e. The van der Waals surface area contributed by atoms with Crippen LogP contribution >= 0.6 is 0 Å². The standard InChI is InChI=1S/C16H36N.C8H6O4/c1-5-9-13-17(14-10-6-2,15-11-7-3)16-12-8-4;9-7(10)5-1-2-6(4-3-5)8(11)12/h5-16H2,1-4H3;1-4H,(H,9,10)(H,11,12)/q+1;. The van der Waals surface area contributed by atoms with Crippen LogP contribution in [0.15, 0.2) is 24.3 Å². The summed E-state index contributed by atoms with van der Waals surface area (Å²) in [4.78, 5) is 20.7. The molecule has 0 spiro atoms. The summed E-state index contributed by atoms with van der Waals surface area (Å²) in [5.74, 6) is -2.13. The summed E-state index contributed by atoms with van der Waals surface area (Å²) in [6, 6.07) is 5.02. The predicted molar refractivity (Wildman–Crippen MR) is 120 cm³/mol. The molecule has 0 atom stereocenters. The highest BCUT2D eigenvalue weighted by Crippen LogP contribution is 2.16. The third kappa shape index (κ3) is 11.6. The average molecular weight is 409 g/mol. The molecule has 166 valence electrons. The van der Waals surface area contributed by atoms with Crippen LogP contribution in [-0.4, -0.2) is 52.8 Å². The minimum atomic E-state index is -1.06. The molecule has 0 saturated heterocycles. The van der Waals surface area contributed by atoms with Gasteiger partial charge in [-0.05, 0) is 49.9 Å². The zero-order chi connectivity index (χ0) is 22.1. The number of hydrogen-bond donors (Lipinski definition) is 2. The zero-order valence-electron chi connectivity index (χ0n) is 19.0. The lowest BCUT2D eigenvalue weighted by Crippen LogP contribution is -2.50. The number of quaternary nitrogens is 1. The van der Waals surface area contributed by atoms with Crippen molar-refractivity contribution in [2.45, 2.75) is 79.1 Å². The second kappa shape index (κ2) is 16.0. The quantitative estimate of drug-likeness (QED) is 0.365. The Labute approximate surface area is 177 Å². The lowest BCUT2D eigenvalue weighted by molar-refractivity contribution is -0.929. The summed E-state index contributed by atoms with van der Waals surface area (Å²) in [5.41, 5.74) is 0.167. The van der Waals surface area contributed by atoms with E-state index in [-0.39, 0.29) is 11.1 Å². The number of unbranched alkanes of at least 4 members (excludes halogenated alkanes) is 4. The maximum Gasteiger partial charge on any atom is 0.335 e. The molecule has 0 bridgehead atoms. The second-order valence-electron chi connectivity index (χ2n) is 7.84. The van der Waals surface area contributed by atoms with E-state index >= 15 is 0 Å². The fourth-order valence-electron chi connectivity index (χ4n) is 3.40. The van der Waals surface area contributed by atoms with Gasteiger partial charge in [0.2, 0.25) is 0 Å². The molecule has 0 heterocycles. The summed E-state index contributed by atoms with van der Waals surface area (Å²) >= 11 is 0. The largest absolute Gasteiger partial charge is 0.478 e. The number of nitrogens with zero attached hydrogens (tertiary/aromatic N) is 1. The molecule has 0 aliphatic rings. The van der Waals surface area contributed by atoms with Crippen LogP contribution in [0.2, 0.25) is 0 Å². The van der Waals surface area contributed by atoms with Crippen molar-refractivity contribution in [1.29, 1.82) is 0 Å². The minimum absolute atomic E-state index is 0.0833. The molecule has 0 aliphatic heterocycles. The van der Waals surface area contributed by atoms with Gasteiger partial charge in [0, 0.05) is 0 Å². The SMILES string of the molecule is CCCC[N+](CCCC)(CCCC)CCCC.O=C(O)c1ccc(C(=O)O)cc1. The molecule has 0 aromatic heterocycles. The van der Waals surface area contributed by atoms with E-state index in [0.29, 0.717) is 0 Å². The highest BCUT2D eigenvalue weighted by atomic mass is 16.4. The molecule has 1 aromatic rings. The predicted octanol–water partition coefficient (Wildman–Crippen LogP) is 6.09. The molecule has 1 aromatic carbocycles. The summed E-state index contributed by atoms with van der Waals surface area (Å²) < 4.78 is 1.42. The second-order valence-corrected chi connectivity index (χ2v) is 7.84. The maximum atomic E-state index is 10.3. The van der Waals surface area contributed by atoms with Gasteiger partial charge in [0.15, 0.2) is 0 Å². The van der Waals surface area contributed by atoms with Crippen molar-refractivity contribution >= 4 is 11.9 Å². The summed E-state index contributed by atoms with van der Waals surface area (Å²) in [6.07, 6.45) is 11.1. The topological polar surface area (TPSA) is 74.6 Å². The van der Waals surface area contributed by atoms with E-state index in [2.05, 4.69) is 27.7 Å². The van der Waals surface area contributed by atoms with Gasteiger partial charge in [-0.15, -0.1) is 0 Å². The molecule has 0 fully saturated rings.